The number of alkyl halides is 3. The van der Waals surface area contributed by atoms with Crippen LogP contribution < -0.4 is 10.1 Å². The Hall–Kier alpha value is -3.01. The Balaban J connectivity index is 1.67. The molecule has 0 aliphatic carbocycles. The fourth-order valence-corrected chi connectivity index (χ4v) is 3.32. The zero-order chi connectivity index (χ0) is 21.0. The molecule has 0 spiro atoms. The second-order valence-electron chi connectivity index (χ2n) is 5.98. The van der Waals surface area contributed by atoms with Gasteiger partial charge < -0.3 is 14.6 Å². The van der Waals surface area contributed by atoms with Crippen molar-refractivity contribution in [1.82, 2.24) is 14.8 Å². The van der Waals surface area contributed by atoms with Gasteiger partial charge in [0, 0.05) is 12.7 Å². The molecular weight excluding hydrogens is 405 g/mol. The molecule has 1 aromatic heterocycles. The first-order valence-electron chi connectivity index (χ1n) is 8.42. The minimum atomic E-state index is -4.47. The molecule has 0 bridgehead atoms. The van der Waals surface area contributed by atoms with Crippen molar-refractivity contribution >= 4 is 23.4 Å². The van der Waals surface area contributed by atoms with Gasteiger partial charge in [0.15, 0.2) is 11.0 Å². The summed E-state index contributed by atoms with van der Waals surface area (Å²) in [4.78, 5) is 12.1. The Labute approximate surface area is 169 Å². The number of methoxy groups -OCH3 is 1. The zero-order valence-corrected chi connectivity index (χ0v) is 16.3. The molecule has 6 nitrogen and oxygen atoms in total. The zero-order valence-electron chi connectivity index (χ0n) is 15.5. The van der Waals surface area contributed by atoms with Gasteiger partial charge in [-0.1, -0.05) is 30.0 Å². The number of aromatic nitrogens is 3. The van der Waals surface area contributed by atoms with Gasteiger partial charge in [-0.15, -0.1) is 10.2 Å². The van der Waals surface area contributed by atoms with E-state index in [0.717, 1.165) is 29.5 Å². The Bertz CT molecular complexity index is 1020. The highest BCUT2D eigenvalue weighted by atomic mass is 32.2. The van der Waals surface area contributed by atoms with Gasteiger partial charge in [-0.05, 0) is 30.3 Å². The van der Waals surface area contributed by atoms with Crippen LogP contribution in [0.3, 0.4) is 0 Å². The van der Waals surface area contributed by atoms with Crippen LogP contribution in [0.1, 0.15) is 5.56 Å². The summed E-state index contributed by atoms with van der Waals surface area (Å²) in [5.74, 6) is 0.731. The lowest BCUT2D eigenvalue weighted by atomic mass is 10.2. The van der Waals surface area contributed by atoms with E-state index in [1.807, 2.05) is 18.2 Å². The summed E-state index contributed by atoms with van der Waals surface area (Å²) in [6.45, 7) is 0. The first-order chi connectivity index (χ1) is 13.8. The van der Waals surface area contributed by atoms with E-state index >= 15 is 0 Å². The fraction of sp³-hybridized carbons (Fsp3) is 0.211. The average Bonchev–Trinajstić information content (AvgIpc) is 3.06. The molecular formula is C19H17F3N4O2S. The van der Waals surface area contributed by atoms with E-state index in [-0.39, 0.29) is 11.4 Å². The molecule has 2 aromatic carbocycles. The Kier molecular flexibility index (Phi) is 6.12. The van der Waals surface area contributed by atoms with Crippen molar-refractivity contribution in [2.24, 2.45) is 7.05 Å². The predicted octanol–water partition coefficient (Wildman–Crippen LogP) is 4.24. The third kappa shape index (κ3) is 4.89. The average molecular weight is 422 g/mol. The van der Waals surface area contributed by atoms with Crippen LogP contribution in [-0.4, -0.2) is 33.5 Å². The number of carbonyl (C=O) groups is 1. The lowest BCUT2D eigenvalue weighted by Gasteiger charge is -2.10. The molecule has 0 aliphatic rings. The summed E-state index contributed by atoms with van der Waals surface area (Å²) < 4.78 is 45.4. The molecule has 0 unspecified atom stereocenters. The SMILES string of the molecule is COc1ccccc1-c1nnc(SCC(=O)Nc2cccc(C(F)(F)F)c2)n1C. The maximum Gasteiger partial charge on any atom is 0.416 e. The van der Waals surface area contributed by atoms with Crippen molar-refractivity contribution < 1.29 is 22.7 Å². The van der Waals surface area contributed by atoms with Gasteiger partial charge in [-0.25, -0.2) is 0 Å². The summed E-state index contributed by atoms with van der Waals surface area (Å²) in [5.41, 5.74) is 0.0149. The highest BCUT2D eigenvalue weighted by molar-refractivity contribution is 7.99. The van der Waals surface area contributed by atoms with Crippen LogP contribution in [0.15, 0.2) is 53.7 Å². The molecule has 0 atom stereocenters. The maximum absolute atomic E-state index is 12.8. The molecule has 152 valence electrons. The molecule has 0 saturated heterocycles. The second-order valence-corrected chi connectivity index (χ2v) is 6.92. The van der Waals surface area contributed by atoms with E-state index in [4.69, 9.17) is 4.74 Å². The molecule has 1 N–H and O–H groups in total. The van der Waals surface area contributed by atoms with Gasteiger partial charge in [-0.3, -0.25) is 4.79 Å². The maximum atomic E-state index is 12.8. The first-order valence-corrected chi connectivity index (χ1v) is 9.41. The van der Waals surface area contributed by atoms with E-state index in [1.54, 1.807) is 24.8 Å². The van der Waals surface area contributed by atoms with Gasteiger partial charge in [-0.2, -0.15) is 13.2 Å². The monoisotopic (exact) mass is 422 g/mol. The van der Waals surface area contributed by atoms with Crippen LogP contribution >= 0.6 is 11.8 Å². The summed E-state index contributed by atoms with van der Waals surface area (Å²) >= 11 is 1.13. The molecule has 0 saturated carbocycles. The number of nitrogens with zero attached hydrogens (tertiary/aromatic N) is 3. The molecule has 10 heteroatoms. The summed E-state index contributed by atoms with van der Waals surface area (Å²) in [5, 5.41) is 11.2. The Morgan fingerprint density at radius 2 is 1.93 bits per heavy atom. The number of amides is 1. The number of nitrogens with one attached hydrogen (secondary N) is 1. The molecule has 29 heavy (non-hydrogen) atoms. The van der Waals surface area contributed by atoms with Gasteiger partial charge in [0.1, 0.15) is 5.75 Å². The number of para-hydroxylation sites is 1. The number of anilines is 1. The first kappa shape index (κ1) is 20.7. The van der Waals surface area contributed by atoms with Gasteiger partial charge in [0.05, 0.1) is 24.0 Å². The minimum Gasteiger partial charge on any atom is -0.496 e. The number of benzene rings is 2. The Morgan fingerprint density at radius 1 is 1.17 bits per heavy atom. The lowest BCUT2D eigenvalue weighted by Crippen LogP contribution is -2.15. The number of ether oxygens (including phenoxy) is 1. The van der Waals surface area contributed by atoms with Crippen LogP contribution in [0, 0.1) is 0 Å². The van der Waals surface area contributed by atoms with Gasteiger partial charge >= 0.3 is 6.18 Å². The van der Waals surface area contributed by atoms with Crippen molar-refractivity contribution in [3.05, 3.63) is 54.1 Å². The number of halogens is 3. The normalized spacial score (nSPS) is 11.3. The topological polar surface area (TPSA) is 69.0 Å². The molecule has 0 aliphatic heterocycles. The highest BCUT2D eigenvalue weighted by Crippen LogP contribution is 2.31. The van der Waals surface area contributed by atoms with Crippen molar-refractivity contribution in [1.29, 1.82) is 0 Å². The molecule has 0 radical (unpaired) electrons. The number of thioether (sulfide) groups is 1. The largest absolute Gasteiger partial charge is 0.496 e. The van der Waals surface area contributed by atoms with Crippen LogP contribution in [0.5, 0.6) is 5.75 Å². The number of hydrogen-bond acceptors (Lipinski definition) is 5. The van der Waals surface area contributed by atoms with E-state index in [1.165, 1.54) is 12.1 Å². The van der Waals surface area contributed by atoms with Crippen molar-refractivity contribution in [2.75, 3.05) is 18.2 Å². The van der Waals surface area contributed by atoms with Crippen LogP contribution in [0.2, 0.25) is 0 Å². The molecule has 1 amide bonds. The van der Waals surface area contributed by atoms with E-state index in [0.29, 0.717) is 16.7 Å². The van der Waals surface area contributed by atoms with Crippen LogP contribution in [0.25, 0.3) is 11.4 Å². The van der Waals surface area contributed by atoms with E-state index in [9.17, 15) is 18.0 Å². The van der Waals surface area contributed by atoms with Crippen molar-refractivity contribution in [2.45, 2.75) is 11.3 Å². The van der Waals surface area contributed by atoms with Crippen molar-refractivity contribution in [3.8, 4) is 17.1 Å². The molecule has 0 fully saturated rings. The number of rotatable bonds is 6. The lowest BCUT2D eigenvalue weighted by molar-refractivity contribution is -0.137. The predicted molar refractivity (Wildman–Crippen MR) is 104 cm³/mol. The third-order valence-electron chi connectivity index (χ3n) is 3.99. The molecule has 1 heterocycles. The summed E-state index contributed by atoms with van der Waals surface area (Å²) in [6, 6.07) is 11.8. The highest BCUT2D eigenvalue weighted by Gasteiger charge is 2.30. The minimum absolute atomic E-state index is 0.0336. The van der Waals surface area contributed by atoms with Gasteiger partial charge in [0.25, 0.3) is 0 Å². The van der Waals surface area contributed by atoms with E-state index < -0.39 is 17.6 Å². The second kappa shape index (κ2) is 8.56. The van der Waals surface area contributed by atoms with Crippen LogP contribution in [-0.2, 0) is 18.0 Å². The standard InChI is InChI=1S/C19H17F3N4O2S/c1-26-17(14-8-3-4-9-15(14)28-2)24-25-18(26)29-11-16(27)23-13-7-5-6-12(10-13)19(20,21)22/h3-10H,11H2,1-2H3,(H,23,27). The fourth-order valence-electron chi connectivity index (χ4n) is 2.60. The number of hydrogen-bond donors (Lipinski definition) is 1. The van der Waals surface area contributed by atoms with E-state index in [2.05, 4.69) is 15.5 Å². The number of carbonyl (C=O) groups excluding carboxylic acids is 1. The van der Waals surface area contributed by atoms with Gasteiger partial charge in [0.2, 0.25) is 5.91 Å². The summed E-state index contributed by atoms with van der Waals surface area (Å²) in [7, 11) is 3.32. The van der Waals surface area contributed by atoms with Crippen LogP contribution in [0.4, 0.5) is 18.9 Å². The molecule has 3 rings (SSSR count). The van der Waals surface area contributed by atoms with Crippen molar-refractivity contribution in [3.63, 3.8) is 0 Å². The Morgan fingerprint density at radius 3 is 2.66 bits per heavy atom. The molecule has 3 aromatic rings. The quantitative estimate of drug-likeness (QED) is 0.602. The summed E-state index contributed by atoms with van der Waals surface area (Å²) in [6.07, 6.45) is -4.47. The third-order valence-corrected chi connectivity index (χ3v) is 5.01. The smallest absolute Gasteiger partial charge is 0.416 e.